The Labute approximate surface area is 127 Å². The summed E-state index contributed by atoms with van der Waals surface area (Å²) in [5, 5.41) is 6.57. The van der Waals surface area contributed by atoms with Crippen molar-refractivity contribution >= 4 is 11.3 Å². The molecule has 0 spiro atoms. The number of hydrogen-bond acceptors (Lipinski definition) is 4. The molecule has 5 heteroatoms. The lowest BCUT2D eigenvalue weighted by atomic mass is 9.95. The van der Waals surface area contributed by atoms with Crippen molar-refractivity contribution in [2.24, 2.45) is 0 Å². The molecule has 3 unspecified atom stereocenters. The Bertz CT molecular complexity index is 627. The van der Waals surface area contributed by atoms with Crippen LogP contribution in [0.3, 0.4) is 0 Å². The molecule has 0 amide bonds. The third-order valence-corrected chi connectivity index (χ3v) is 5.23. The number of aromatic nitrogens is 1. The molecular formula is C16H17FN2OS. The number of rotatable bonds is 4. The summed E-state index contributed by atoms with van der Waals surface area (Å²) in [4.78, 5) is 4.63. The van der Waals surface area contributed by atoms with Crippen molar-refractivity contribution in [1.82, 2.24) is 10.3 Å². The van der Waals surface area contributed by atoms with Gasteiger partial charge < -0.3 is 10.1 Å². The number of halogens is 1. The van der Waals surface area contributed by atoms with Crippen LogP contribution in [-0.2, 0) is 11.3 Å². The molecule has 2 aromatic rings. The van der Waals surface area contributed by atoms with Crippen LogP contribution in [0.1, 0.15) is 25.0 Å². The minimum Gasteiger partial charge on any atom is -0.373 e. The van der Waals surface area contributed by atoms with Crippen LogP contribution < -0.4 is 5.32 Å². The summed E-state index contributed by atoms with van der Waals surface area (Å²) in [5.41, 5.74) is 2.01. The smallest absolute Gasteiger partial charge is 0.123 e. The number of nitrogens with one attached hydrogen (secondary N) is 1. The molecule has 2 bridgehead atoms. The zero-order valence-electron chi connectivity index (χ0n) is 11.6. The van der Waals surface area contributed by atoms with E-state index in [0.717, 1.165) is 29.2 Å². The molecule has 3 heterocycles. The number of fused-ring (bicyclic) bond motifs is 2. The van der Waals surface area contributed by atoms with Gasteiger partial charge in [0.05, 0.1) is 17.9 Å². The molecule has 0 radical (unpaired) electrons. The first kappa shape index (κ1) is 13.4. The van der Waals surface area contributed by atoms with Crippen LogP contribution in [0.15, 0.2) is 29.6 Å². The number of thiazole rings is 1. The lowest BCUT2D eigenvalue weighted by molar-refractivity contribution is 0.0972. The summed E-state index contributed by atoms with van der Waals surface area (Å²) in [5.74, 6) is -0.214. The summed E-state index contributed by atoms with van der Waals surface area (Å²) < 4.78 is 18.8. The van der Waals surface area contributed by atoms with E-state index in [2.05, 4.69) is 15.7 Å². The van der Waals surface area contributed by atoms with E-state index in [9.17, 15) is 4.39 Å². The number of ether oxygens (including phenoxy) is 1. The molecule has 0 aliphatic carbocycles. The van der Waals surface area contributed by atoms with Crippen LogP contribution in [0.2, 0.25) is 0 Å². The summed E-state index contributed by atoms with van der Waals surface area (Å²) in [6.45, 7) is 0.773. The van der Waals surface area contributed by atoms with E-state index < -0.39 is 0 Å². The fourth-order valence-electron chi connectivity index (χ4n) is 3.20. The predicted molar refractivity (Wildman–Crippen MR) is 80.6 cm³/mol. The molecule has 3 nitrogen and oxygen atoms in total. The first-order valence-electron chi connectivity index (χ1n) is 7.37. The molecular weight excluding hydrogens is 287 g/mol. The number of nitrogens with zero attached hydrogens (tertiary/aromatic N) is 1. The maximum absolute atomic E-state index is 12.9. The van der Waals surface area contributed by atoms with Gasteiger partial charge in [-0.3, -0.25) is 0 Å². The molecule has 110 valence electrons. The van der Waals surface area contributed by atoms with Crippen molar-refractivity contribution in [2.75, 3.05) is 0 Å². The van der Waals surface area contributed by atoms with Gasteiger partial charge in [0.2, 0.25) is 0 Å². The number of hydrogen-bond donors (Lipinski definition) is 1. The average molecular weight is 304 g/mol. The highest BCUT2D eigenvalue weighted by Crippen LogP contribution is 2.34. The van der Waals surface area contributed by atoms with E-state index in [1.165, 1.54) is 25.0 Å². The summed E-state index contributed by atoms with van der Waals surface area (Å²) in [6, 6.07) is 6.96. The SMILES string of the molecule is Fc1ccc(-c2nc(CNC3CC4CCC3O4)cs2)cc1. The van der Waals surface area contributed by atoms with E-state index in [4.69, 9.17) is 4.74 Å². The Hall–Kier alpha value is -1.30. The Kier molecular flexibility index (Phi) is 3.49. The average Bonchev–Trinajstić information content (AvgIpc) is 3.22. The van der Waals surface area contributed by atoms with Crippen LogP contribution in [0.25, 0.3) is 10.6 Å². The van der Waals surface area contributed by atoms with E-state index in [1.54, 1.807) is 23.5 Å². The summed E-state index contributed by atoms with van der Waals surface area (Å²) >= 11 is 1.60. The highest BCUT2D eigenvalue weighted by Gasteiger charge is 2.40. The molecule has 1 aromatic carbocycles. The lowest BCUT2D eigenvalue weighted by Crippen LogP contribution is -2.37. The van der Waals surface area contributed by atoms with Crippen LogP contribution in [0.5, 0.6) is 0 Å². The van der Waals surface area contributed by atoms with Crippen molar-refractivity contribution in [3.63, 3.8) is 0 Å². The van der Waals surface area contributed by atoms with Gasteiger partial charge in [0.1, 0.15) is 10.8 Å². The van der Waals surface area contributed by atoms with E-state index in [-0.39, 0.29) is 5.82 Å². The molecule has 3 atom stereocenters. The van der Waals surface area contributed by atoms with Gasteiger partial charge in [-0.25, -0.2) is 9.37 Å². The fraction of sp³-hybridized carbons (Fsp3) is 0.438. The van der Waals surface area contributed by atoms with Crippen LogP contribution >= 0.6 is 11.3 Å². The predicted octanol–water partition coefficient (Wildman–Crippen LogP) is 3.36. The topological polar surface area (TPSA) is 34.2 Å². The molecule has 2 aliphatic rings. The molecule has 0 saturated carbocycles. The third kappa shape index (κ3) is 2.73. The van der Waals surface area contributed by atoms with Gasteiger partial charge in [-0.2, -0.15) is 0 Å². The van der Waals surface area contributed by atoms with Crippen molar-refractivity contribution < 1.29 is 9.13 Å². The maximum Gasteiger partial charge on any atom is 0.123 e. The second-order valence-corrected chi connectivity index (χ2v) is 6.61. The van der Waals surface area contributed by atoms with E-state index in [0.29, 0.717) is 18.2 Å². The Morgan fingerprint density at radius 2 is 2.14 bits per heavy atom. The lowest BCUT2D eigenvalue weighted by Gasteiger charge is -2.19. The number of benzene rings is 1. The van der Waals surface area contributed by atoms with E-state index in [1.807, 2.05) is 0 Å². The Balaban J connectivity index is 1.39. The van der Waals surface area contributed by atoms with Gasteiger partial charge >= 0.3 is 0 Å². The summed E-state index contributed by atoms with van der Waals surface area (Å²) in [6.07, 6.45) is 4.39. The summed E-state index contributed by atoms with van der Waals surface area (Å²) in [7, 11) is 0. The minimum absolute atomic E-state index is 0.214. The normalized spacial score (nSPS) is 27.4. The second-order valence-electron chi connectivity index (χ2n) is 5.75. The molecule has 4 rings (SSSR count). The fourth-order valence-corrected chi connectivity index (χ4v) is 4.03. The Morgan fingerprint density at radius 3 is 2.86 bits per heavy atom. The van der Waals surface area contributed by atoms with Crippen molar-refractivity contribution in [2.45, 2.75) is 44.1 Å². The first-order chi connectivity index (χ1) is 10.3. The highest BCUT2D eigenvalue weighted by molar-refractivity contribution is 7.13. The third-order valence-electron chi connectivity index (χ3n) is 4.29. The largest absolute Gasteiger partial charge is 0.373 e. The second kappa shape index (κ2) is 5.48. The van der Waals surface area contributed by atoms with Crippen LogP contribution in [-0.4, -0.2) is 23.2 Å². The molecule has 2 aliphatic heterocycles. The van der Waals surface area contributed by atoms with Crippen LogP contribution in [0.4, 0.5) is 4.39 Å². The highest BCUT2D eigenvalue weighted by atomic mass is 32.1. The molecule has 21 heavy (non-hydrogen) atoms. The minimum atomic E-state index is -0.214. The van der Waals surface area contributed by atoms with Gasteiger partial charge in [0.25, 0.3) is 0 Å². The van der Waals surface area contributed by atoms with Gasteiger partial charge in [-0.1, -0.05) is 0 Å². The van der Waals surface area contributed by atoms with Crippen molar-refractivity contribution in [3.8, 4) is 10.6 Å². The monoisotopic (exact) mass is 304 g/mol. The van der Waals surface area contributed by atoms with Gasteiger partial charge in [0, 0.05) is 23.5 Å². The first-order valence-corrected chi connectivity index (χ1v) is 8.25. The van der Waals surface area contributed by atoms with Gasteiger partial charge in [-0.05, 0) is 43.5 Å². The van der Waals surface area contributed by atoms with Gasteiger partial charge in [-0.15, -0.1) is 11.3 Å². The molecule has 1 N–H and O–H groups in total. The standard InChI is InChI=1S/C16H17FN2OS/c17-11-3-1-10(2-4-11)16-19-12(9-21-16)8-18-14-7-13-5-6-15(14)20-13/h1-4,9,13-15,18H,5-8H2. The maximum atomic E-state index is 12.9. The molecule has 1 aromatic heterocycles. The Morgan fingerprint density at radius 1 is 1.29 bits per heavy atom. The molecule has 2 saturated heterocycles. The van der Waals surface area contributed by atoms with Gasteiger partial charge in [0.15, 0.2) is 0 Å². The quantitative estimate of drug-likeness (QED) is 0.940. The van der Waals surface area contributed by atoms with Crippen LogP contribution in [0, 0.1) is 5.82 Å². The van der Waals surface area contributed by atoms with E-state index >= 15 is 0 Å². The molecule has 2 fully saturated rings. The zero-order chi connectivity index (χ0) is 14.2. The van der Waals surface area contributed by atoms with Crippen molar-refractivity contribution in [1.29, 1.82) is 0 Å². The zero-order valence-corrected chi connectivity index (χ0v) is 12.4. The van der Waals surface area contributed by atoms with Crippen molar-refractivity contribution in [3.05, 3.63) is 41.2 Å².